The highest BCUT2D eigenvalue weighted by atomic mass is 32.2. The molecule has 0 unspecified atom stereocenters. The highest BCUT2D eigenvalue weighted by molar-refractivity contribution is 7.89. The molecule has 7 nitrogen and oxygen atoms in total. The van der Waals surface area contributed by atoms with Crippen LogP contribution in [0.4, 0.5) is 5.69 Å². The summed E-state index contributed by atoms with van der Waals surface area (Å²) in [5.74, 6) is -0.777. The maximum atomic E-state index is 12.9. The van der Waals surface area contributed by atoms with Gasteiger partial charge < -0.3 is 10.2 Å². The van der Waals surface area contributed by atoms with Gasteiger partial charge in [-0.3, -0.25) is 9.59 Å². The van der Waals surface area contributed by atoms with Crippen molar-refractivity contribution < 1.29 is 18.0 Å². The summed E-state index contributed by atoms with van der Waals surface area (Å²) < 4.78 is 27.3. The normalized spacial score (nSPS) is 20.1. The van der Waals surface area contributed by atoms with Crippen LogP contribution in [0.1, 0.15) is 31.2 Å². The fourth-order valence-corrected chi connectivity index (χ4v) is 5.70. The first kappa shape index (κ1) is 21.5. The van der Waals surface area contributed by atoms with E-state index in [9.17, 15) is 18.0 Å². The van der Waals surface area contributed by atoms with Crippen molar-refractivity contribution in [3.8, 4) is 0 Å². The summed E-state index contributed by atoms with van der Waals surface area (Å²) in [6.45, 7) is 1.89. The monoisotopic (exact) mass is 441 g/mol. The van der Waals surface area contributed by atoms with Crippen molar-refractivity contribution in [1.82, 2.24) is 9.21 Å². The molecule has 164 valence electrons. The fraction of sp³-hybridized carbons (Fsp3) is 0.391. The van der Waals surface area contributed by atoms with Crippen LogP contribution in [0.25, 0.3) is 0 Å². The number of nitrogens with one attached hydrogen (secondary N) is 1. The van der Waals surface area contributed by atoms with Gasteiger partial charge in [0.1, 0.15) is 0 Å². The number of anilines is 1. The molecule has 2 aromatic rings. The molecule has 8 heteroatoms. The Morgan fingerprint density at radius 3 is 2.48 bits per heavy atom. The van der Waals surface area contributed by atoms with E-state index >= 15 is 0 Å². The van der Waals surface area contributed by atoms with E-state index in [2.05, 4.69) is 5.32 Å². The summed E-state index contributed by atoms with van der Waals surface area (Å²) in [7, 11) is -3.57. The summed E-state index contributed by atoms with van der Waals surface area (Å²) in [5, 5.41) is 2.80. The second kappa shape index (κ2) is 9.20. The van der Waals surface area contributed by atoms with Gasteiger partial charge in [-0.2, -0.15) is 4.31 Å². The van der Waals surface area contributed by atoms with Crippen molar-refractivity contribution in [2.24, 2.45) is 5.92 Å². The average Bonchev–Trinajstić information content (AvgIpc) is 3.15. The van der Waals surface area contributed by atoms with E-state index in [1.54, 1.807) is 23.1 Å². The minimum atomic E-state index is -3.57. The Morgan fingerprint density at radius 1 is 1.00 bits per heavy atom. The number of nitrogens with zero attached hydrogens (tertiary/aromatic N) is 2. The molecular weight excluding hydrogens is 414 g/mol. The number of piperidine rings is 1. The number of hydrogen-bond acceptors (Lipinski definition) is 4. The maximum Gasteiger partial charge on any atom is 0.243 e. The molecule has 2 fully saturated rings. The number of carbonyl (C=O) groups excluding carboxylic acids is 2. The number of sulfonamides is 1. The smallest absolute Gasteiger partial charge is 0.243 e. The van der Waals surface area contributed by atoms with Crippen LogP contribution in [-0.2, 0) is 26.2 Å². The number of rotatable bonds is 6. The Hall–Kier alpha value is -2.71. The first-order valence-corrected chi connectivity index (χ1v) is 12.1. The van der Waals surface area contributed by atoms with Gasteiger partial charge in [-0.15, -0.1) is 0 Å². The van der Waals surface area contributed by atoms with E-state index in [4.69, 9.17) is 0 Å². The molecule has 2 aliphatic heterocycles. The zero-order valence-electron chi connectivity index (χ0n) is 17.4. The molecule has 4 rings (SSSR count). The minimum Gasteiger partial charge on any atom is -0.338 e. The van der Waals surface area contributed by atoms with Gasteiger partial charge in [-0.25, -0.2) is 8.42 Å². The lowest BCUT2D eigenvalue weighted by Crippen LogP contribution is -2.35. The number of likely N-dealkylation sites (tertiary alicyclic amines) is 1. The van der Waals surface area contributed by atoms with Crippen LogP contribution in [0.3, 0.4) is 0 Å². The summed E-state index contributed by atoms with van der Waals surface area (Å²) in [6, 6.07) is 16.0. The maximum absolute atomic E-state index is 12.9. The lowest BCUT2D eigenvalue weighted by Gasteiger charge is -2.26. The third-order valence-corrected chi connectivity index (χ3v) is 7.75. The Kier molecular flexibility index (Phi) is 6.38. The van der Waals surface area contributed by atoms with Crippen molar-refractivity contribution in [3.05, 3.63) is 60.2 Å². The van der Waals surface area contributed by atoms with Crippen LogP contribution in [0.15, 0.2) is 59.5 Å². The molecule has 0 aromatic heterocycles. The molecule has 2 aromatic carbocycles. The summed E-state index contributed by atoms with van der Waals surface area (Å²) in [6.07, 6.45) is 2.93. The fourth-order valence-electron chi connectivity index (χ4n) is 4.14. The van der Waals surface area contributed by atoms with Crippen LogP contribution in [0, 0.1) is 5.92 Å². The zero-order valence-corrected chi connectivity index (χ0v) is 18.2. The first-order chi connectivity index (χ1) is 14.9. The third kappa shape index (κ3) is 4.97. The van der Waals surface area contributed by atoms with E-state index in [1.165, 1.54) is 10.4 Å². The number of hydrogen-bond donors (Lipinski definition) is 1. The van der Waals surface area contributed by atoms with Gasteiger partial charge >= 0.3 is 0 Å². The number of benzene rings is 2. The standard InChI is InChI=1S/C23H27N3O4S/c27-22-14-19(17-25(22)16-18-8-3-1-4-9-18)23(28)24-20-10-7-11-21(15-20)31(29,30)26-12-5-2-6-13-26/h1,3-4,7-11,15,19H,2,5-6,12-14,16-17H2,(H,24,28)/t19-/m0/s1. The Labute approximate surface area is 183 Å². The van der Waals surface area contributed by atoms with Crippen molar-refractivity contribution in [1.29, 1.82) is 0 Å². The Bertz CT molecular complexity index is 1050. The number of amides is 2. The largest absolute Gasteiger partial charge is 0.338 e. The van der Waals surface area contributed by atoms with E-state index in [0.717, 1.165) is 24.8 Å². The molecule has 31 heavy (non-hydrogen) atoms. The van der Waals surface area contributed by atoms with Crippen molar-refractivity contribution in [3.63, 3.8) is 0 Å². The predicted octanol–water partition coefficient (Wildman–Crippen LogP) is 2.85. The van der Waals surface area contributed by atoms with Crippen LogP contribution in [-0.4, -0.2) is 49.1 Å². The van der Waals surface area contributed by atoms with Gasteiger partial charge in [0, 0.05) is 38.3 Å². The lowest BCUT2D eigenvalue weighted by molar-refractivity contribution is -0.128. The molecule has 1 atom stereocenters. The molecule has 0 aliphatic carbocycles. The van der Waals surface area contributed by atoms with Crippen LogP contribution in [0.2, 0.25) is 0 Å². The SMILES string of the molecule is O=C(Nc1cccc(S(=O)(=O)N2CCCCC2)c1)[C@H]1CC(=O)N(Cc2ccccc2)C1. The second-order valence-corrected chi connectivity index (χ2v) is 10.1. The molecule has 0 radical (unpaired) electrons. The Morgan fingerprint density at radius 2 is 1.74 bits per heavy atom. The minimum absolute atomic E-state index is 0.0505. The van der Waals surface area contributed by atoms with Crippen LogP contribution < -0.4 is 5.32 Å². The lowest BCUT2D eigenvalue weighted by atomic mass is 10.1. The van der Waals surface area contributed by atoms with Crippen molar-refractivity contribution >= 4 is 27.5 Å². The Balaban J connectivity index is 1.41. The van der Waals surface area contributed by atoms with Gasteiger partial charge in [0.05, 0.1) is 10.8 Å². The average molecular weight is 442 g/mol. The molecule has 2 saturated heterocycles. The van der Waals surface area contributed by atoms with E-state index < -0.39 is 15.9 Å². The molecule has 2 amide bonds. The molecule has 1 N–H and O–H groups in total. The number of carbonyl (C=O) groups is 2. The van der Waals surface area contributed by atoms with Gasteiger partial charge in [-0.05, 0) is 36.6 Å². The quantitative estimate of drug-likeness (QED) is 0.747. The summed E-state index contributed by atoms with van der Waals surface area (Å²) in [4.78, 5) is 27.0. The van der Waals surface area contributed by atoms with Crippen molar-refractivity contribution in [2.75, 3.05) is 25.0 Å². The van der Waals surface area contributed by atoms with Gasteiger partial charge in [0.2, 0.25) is 21.8 Å². The summed E-state index contributed by atoms with van der Waals surface area (Å²) >= 11 is 0. The zero-order chi connectivity index (χ0) is 21.8. The van der Waals surface area contributed by atoms with E-state index in [0.29, 0.717) is 31.9 Å². The molecule has 2 heterocycles. The van der Waals surface area contributed by atoms with E-state index in [1.807, 2.05) is 30.3 Å². The predicted molar refractivity (Wildman–Crippen MR) is 118 cm³/mol. The molecule has 2 aliphatic rings. The molecular formula is C23H27N3O4S. The van der Waals surface area contributed by atoms with Crippen LogP contribution >= 0.6 is 0 Å². The van der Waals surface area contributed by atoms with Gasteiger partial charge in [0.25, 0.3) is 0 Å². The highest BCUT2D eigenvalue weighted by Crippen LogP contribution is 2.25. The van der Waals surface area contributed by atoms with Crippen molar-refractivity contribution in [2.45, 2.75) is 37.1 Å². The third-order valence-electron chi connectivity index (χ3n) is 5.86. The highest BCUT2D eigenvalue weighted by Gasteiger charge is 2.34. The topological polar surface area (TPSA) is 86.8 Å². The van der Waals surface area contributed by atoms with Crippen LogP contribution in [0.5, 0.6) is 0 Å². The molecule has 0 bridgehead atoms. The van der Waals surface area contributed by atoms with E-state index in [-0.39, 0.29) is 23.1 Å². The van der Waals surface area contributed by atoms with Gasteiger partial charge in [0.15, 0.2) is 0 Å². The molecule has 0 saturated carbocycles. The molecule has 0 spiro atoms. The summed E-state index contributed by atoms with van der Waals surface area (Å²) in [5.41, 5.74) is 1.45. The first-order valence-electron chi connectivity index (χ1n) is 10.7. The second-order valence-electron chi connectivity index (χ2n) is 8.14. The van der Waals surface area contributed by atoms with Gasteiger partial charge in [-0.1, -0.05) is 42.8 Å².